The Morgan fingerprint density at radius 2 is 2.11 bits per heavy atom. The van der Waals surface area contributed by atoms with Gasteiger partial charge >= 0.3 is 5.97 Å². The van der Waals surface area contributed by atoms with Crippen molar-refractivity contribution in [1.29, 1.82) is 0 Å². The summed E-state index contributed by atoms with van der Waals surface area (Å²) < 4.78 is 5.84. The lowest BCUT2D eigenvalue weighted by Crippen LogP contribution is -2.16. The zero-order valence-electron chi connectivity index (χ0n) is 16.5. The zero-order chi connectivity index (χ0) is 20.0. The van der Waals surface area contributed by atoms with E-state index in [1.54, 1.807) is 6.08 Å². The second-order valence-electron chi connectivity index (χ2n) is 7.86. The minimum Gasteiger partial charge on any atom is -0.481 e. The molecule has 0 amide bonds. The number of fused-ring (bicyclic) bond motifs is 1. The number of unbranched alkanes of at least 4 members (excludes halogenated alkanes) is 1. The van der Waals surface area contributed by atoms with E-state index in [9.17, 15) is 15.0 Å². The summed E-state index contributed by atoms with van der Waals surface area (Å²) in [6, 6.07) is 1.97. The lowest BCUT2D eigenvalue weighted by atomic mass is 9.95. The van der Waals surface area contributed by atoms with Crippen LogP contribution in [0.15, 0.2) is 34.3 Å². The number of hydrogen-bond acceptors (Lipinski definition) is 4. The minimum absolute atomic E-state index is 0.114. The molecule has 0 saturated carbocycles. The molecule has 0 aliphatic heterocycles. The highest BCUT2D eigenvalue weighted by molar-refractivity contribution is 5.66. The van der Waals surface area contributed by atoms with Gasteiger partial charge in [0.15, 0.2) is 0 Å². The van der Waals surface area contributed by atoms with Gasteiger partial charge in [-0.15, -0.1) is 0 Å². The molecule has 1 aromatic rings. The number of aryl methyl sites for hydroxylation is 1. The Bertz CT molecular complexity index is 681. The number of carbonyl (C=O) groups is 1. The van der Waals surface area contributed by atoms with Gasteiger partial charge in [-0.05, 0) is 45.1 Å². The summed E-state index contributed by atoms with van der Waals surface area (Å²) in [6.45, 7) is 6.10. The molecule has 1 aliphatic rings. The Kier molecular flexibility index (Phi) is 7.87. The molecule has 27 heavy (non-hydrogen) atoms. The fourth-order valence-electron chi connectivity index (χ4n) is 3.38. The van der Waals surface area contributed by atoms with Crippen LogP contribution < -0.4 is 0 Å². The van der Waals surface area contributed by atoms with Gasteiger partial charge in [0.25, 0.3) is 0 Å². The lowest BCUT2D eigenvalue weighted by molar-refractivity contribution is -0.137. The number of furan rings is 1. The second kappa shape index (κ2) is 9.90. The maximum absolute atomic E-state index is 10.6. The number of allylic oxidation sites excluding steroid dienone is 2. The van der Waals surface area contributed by atoms with Crippen LogP contribution in [0.5, 0.6) is 0 Å². The van der Waals surface area contributed by atoms with E-state index in [1.807, 2.05) is 32.9 Å². The third kappa shape index (κ3) is 6.36. The van der Waals surface area contributed by atoms with Gasteiger partial charge in [0.05, 0.1) is 12.2 Å². The quantitative estimate of drug-likeness (QED) is 0.424. The molecule has 1 unspecified atom stereocenters. The molecule has 0 bridgehead atoms. The molecule has 0 radical (unpaired) electrons. The van der Waals surface area contributed by atoms with Crippen molar-refractivity contribution in [3.63, 3.8) is 0 Å². The predicted molar refractivity (Wildman–Crippen MR) is 105 cm³/mol. The van der Waals surface area contributed by atoms with Crippen LogP contribution in [0, 0.1) is 5.92 Å². The Morgan fingerprint density at radius 3 is 2.78 bits per heavy atom. The predicted octanol–water partition coefficient (Wildman–Crippen LogP) is 3.99. The van der Waals surface area contributed by atoms with Gasteiger partial charge in [0, 0.05) is 30.7 Å². The largest absolute Gasteiger partial charge is 0.481 e. The van der Waals surface area contributed by atoms with Crippen LogP contribution in [0.2, 0.25) is 0 Å². The summed E-state index contributed by atoms with van der Waals surface area (Å²) in [4.78, 5) is 10.6. The number of hydrogen-bond donors (Lipinski definition) is 3. The van der Waals surface area contributed by atoms with Gasteiger partial charge in [-0.2, -0.15) is 0 Å². The fraction of sp³-hybridized carbons (Fsp3) is 0.591. The molecule has 4 atom stereocenters. The Hall–Kier alpha value is -1.85. The number of carboxylic acid groups (broad SMARTS) is 1. The monoisotopic (exact) mass is 376 g/mol. The Morgan fingerprint density at radius 1 is 1.37 bits per heavy atom. The molecule has 0 spiro atoms. The summed E-state index contributed by atoms with van der Waals surface area (Å²) in [6.07, 6.45) is 8.28. The van der Waals surface area contributed by atoms with Crippen molar-refractivity contribution >= 4 is 5.97 Å². The van der Waals surface area contributed by atoms with E-state index >= 15 is 0 Å². The van der Waals surface area contributed by atoms with Gasteiger partial charge in [-0.3, -0.25) is 4.79 Å². The molecule has 0 fully saturated rings. The summed E-state index contributed by atoms with van der Waals surface area (Å²) in [5.41, 5.74) is 2.22. The first kappa shape index (κ1) is 21.5. The summed E-state index contributed by atoms with van der Waals surface area (Å²) >= 11 is 0. The van der Waals surface area contributed by atoms with Crippen molar-refractivity contribution in [3.05, 3.63) is 47.0 Å². The molecule has 0 aromatic carbocycles. The van der Waals surface area contributed by atoms with E-state index in [-0.39, 0.29) is 18.3 Å². The average Bonchev–Trinajstić information content (AvgIpc) is 3.10. The van der Waals surface area contributed by atoms with Crippen LogP contribution in [0.25, 0.3) is 0 Å². The molecule has 0 saturated heterocycles. The maximum atomic E-state index is 10.6. The molecule has 1 aromatic heterocycles. The highest BCUT2D eigenvalue weighted by atomic mass is 16.4. The van der Waals surface area contributed by atoms with Crippen LogP contribution in [0.4, 0.5) is 0 Å². The van der Waals surface area contributed by atoms with Gasteiger partial charge in [0.1, 0.15) is 11.5 Å². The van der Waals surface area contributed by atoms with E-state index in [2.05, 4.69) is 6.08 Å². The molecular formula is C22H32O5. The molecule has 1 heterocycles. The zero-order valence-corrected chi connectivity index (χ0v) is 16.5. The highest BCUT2D eigenvalue weighted by Gasteiger charge is 2.33. The average molecular weight is 376 g/mol. The van der Waals surface area contributed by atoms with Crippen molar-refractivity contribution in [3.8, 4) is 0 Å². The van der Waals surface area contributed by atoms with E-state index in [0.29, 0.717) is 19.3 Å². The van der Waals surface area contributed by atoms with E-state index in [0.717, 1.165) is 29.9 Å². The molecule has 150 valence electrons. The van der Waals surface area contributed by atoms with Crippen LogP contribution in [-0.4, -0.2) is 33.5 Å². The summed E-state index contributed by atoms with van der Waals surface area (Å²) in [5.74, 6) is 0.818. The molecule has 5 nitrogen and oxygen atoms in total. The van der Waals surface area contributed by atoms with Crippen molar-refractivity contribution in [2.24, 2.45) is 5.92 Å². The topological polar surface area (TPSA) is 90.9 Å². The van der Waals surface area contributed by atoms with Crippen molar-refractivity contribution < 1.29 is 24.5 Å². The highest BCUT2D eigenvalue weighted by Crippen LogP contribution is 2.37. The standard InChI is InChI=1S/C22H32O5/c1-14(2)8-9-15(3)19(23)11-10-17-18-12-16(6-4-5-7-22(25)26)27-21(18)13-20(17)24/h8,10-12,15,17,19-20,23-24H,4-7,9,13H2,1-3H3,(H,25,26)/t15?,17-,19-,20-/m1/s1. The molecular weight excluding hydrogens is 344 g/mol. The van der Waals surface area contributed by atoms with Crippen LogP contribution in [0.1, 0.15) is 69.5 Å². The third-order valence-corrected chi connectivity index (χ3v) is 5.12. The van der Waals surface area contributed by atoms with Crippen molar-refractivity contribution in [2.75, 3.05) is 0 Å². The lowest BCUT2D eigenvalue weighted by Gasteiger charge is -2.16. The number of aliphatic hydroxyl groups excluding tert-OH is 2. The number of aliphatic hydroxyl groups is 2. The van der Waals surface area contributed by atoms with Crippen LogP contribution >= 0.6 is 0 Å². The van der Waals surface area contributed by atoms with Crippen LogP contribution in [0.3, 0.4) is 0 Å². The van der Waals surface area contributed by atoms with E-state index in [4.69, 9.17) is 9.52 Å². The number of rotatable bonds is 10. The maximum Gasteiger partial charge on any atom is 0.303 e. The molecule has 3 N–H and O–H groups in total. The number of aliphatic carboxylic acids is 1. The first-order valence-electron chi connectivity index (χ1n) is 9.79. The first-order valence-corrected chi connectivity index (χ1v) is 9.79. The summed E-state index contributed by atoms with van der Waals surface area (Å²) in [7, 11) is 0. The van der Waals surface area contributed by atoms with Crippen molar-refractivity contribution in [2.45, 2.75) is 77.4 Å². The van der Waals surface area contributed by atoms with Crippen molar-refractivity contribution in [1.82, 2.24) is 0 Å². The van der Waals surface area contributed by atoms with Gasteiger partial charge < -0.3 is 19.7 Å². The SMILES string of the molecule is CC(C)=CCC(C)[C@H](O)C=C[C@@H]1c2cc(CCCCC(=O)O)oc2C[C@H]1O. The smallest absolute Gasteiger partial charge is 0.303 e. The van der Waals surface area contributed by atoms with Gasteiger partial charge in [0.2, 0.25) is 0 Å². The molecule has 2 rings (SSSR count). The first-order chi connectivity index (χ1) is 12.8. The second-order valence-corrected chi connectivity index (χ2v) is 7.86. The summed E-state index contributed by atoms with van der Waals surface area (Å²) in [5, 5.41) is 29.4. The van der Waals surface area contributed by atoms with Crippen LogP contribution in [-0.2, 0) is 17.6 Å². The third-order valence-electron chi connectivity index (χ3n) is 5.12. The Balaban J connectivity index is 1.95. The van der Waals surface area contributed by atoms with Gasteiger partial charge in [-0.1, -0.05) is 30.7 Å². The number of carboxylic acids is 1. The Labute approximate surface area is 161 Å². The molecule has 1 aliphatic carbocycles. The van der Waals surface area contributed by atoms with Gasteiger partial charge in [-0.25, -0.2) is 0 Å². The normalized spacial score (nSPS) is 21.2. The molecule has 5 heteroatoms. The van der Waals surface area contributed by atoms with E-state index < -0.39 is 18.2 Å². The van der Waals surface area contributed by atoms with E-state index in [1.165, 1.54) is 5.57 Å². The minimum atomic E-state index is -0.775. The fourth-order valence-corrected chi connectivity index (χ4v) is 3.38.